The van der Waals surface area contributed by atoms with E-state index in [1.54, 1.807) is 141 Å². The molecule has 0 aromatic rings. The Balaban J connectivity index is 0.000000858. The number of hydrogen-bond acceptors (Lipinski definition) is 0. The molecule has 0 nitrogen and oxygen atoms in total. The third-order valence-corrected chi connectivity index (χ3v) is 17.9. The van der Waals surface area contributed by atoms with Crippen LogP contribution in [0.25, 0.3) is 0 Å². The van der Waals surface area contributed by atoms with E-state index in [0.29, 0.717) is 0 Å². The van der Waals surface area contributed by atoms with Gasteiger partial charge in [-0.1, -0.05) is 25.7 Å². The molecular formula is C26H50Cl2P2Pd+2. The topological polar surface area (TPSA) is 0 Å². The first kappa shape index (κ1) is 27.7. The van der Waals surface area contributed by atoms with Crippen molar-refractivity contribution in [1.82, 2.24) is 0 Å². The average molecular weight is 602 g/mol. The molecule has 0 amide bonds. The molecule has 0 radical (unpaired) electrons. The van der Waals surface area contributed by atoms with Crippen LogP contribution in [0.5, 0.6) is 0 Å². The fraction of sp³-hybridized carbons (Fsp3) is 1.00. The van der Waals surface area contributed by atoms with Crippen molar-refractivity contribution in [2.45, 2.75) is 151 Å². The van der Waals surface area contributed by atoms with Crippen molar-refractivity contribution in [2.75, 3.05) is 12.3 Å². The second-order valence-corrected chi connectivity index (χ2v) is 20.0. The third kappa shape index (κ3) is 9.58. The van der Waals surface area contributed by atoms with E-state index < -0.39 is 0 Å². The molecule has 0 spiro atoms. The maximum absolute atomic E-state index is 4.81. The summed E-state index contributed by atoms with van der Waals surface area (Å²) in [7, 11) is 9.45. The molecule has 186 valence electrons. The monoisotopic (exact) mass is 600 g/mol. The molecule has 0 saturated heterocycles. The second kappa shape index (κ2) is 16.7. The number of rotatable bonds is 7. The molecule has 4 rings (SSSR count). The Bertz CT molecular complexity index is 367. The van der Waals surface area contributed by atoms with E-state index in [9.17, 15) is 0 Å². The summed E-state index contributed by atoms with van der Waals surface area (Å²) in [6, 6.07) is 0. The van der Waals surface area contributed by atoms with Gasteiger partial charge >= 0.3 is 35.0 Å². The van der Waals surface area contributed by atoms with Gasteiger partial charge in [0.15, 0.2) is 0 Å². The molecule has 0 bridgehead atoms. The maximum atomic E-state index is 4.81. The van der Waals surface area contributed by atoms with Crippen molar-refractivity contribution in [2.24, 2.45) is 0 Å². The summed E-state index contributed by atoms with van der Waals surface area (Å²) in [4.78, 5) is 0. The van der Waals surface area contributed by atoms with Gasteiger partial charge in [-0.3, -0.25) is 0 Å². The Hall–Kier alpha value is 2.10. The van der Waals surface area contributed by atoms with E-state index in [1.807, 2.05) is 0 Å². The summed E-state index contributed by atoms with van der Waals surface area (Å²) in [5.74, 6) is 0. The van der Waals surface area contributed by atoms with Crippen molar-refractivity contribution in [3.63, 3.8) is 0 Å². The van der Waals surface area contributed by atoms with Gasteiger partial charge in [0.2, 0.25) is 0 Å². The zero-order chi connectivity index (χ0) is 21.7. The van der Waals surface area contributed by atoms with Gasteiger partial charge < -0.3 is 0 Å². The van der Waals surface area contributed by atoms with Crippen LogP contribution >= 0.6 is 34.9 Å². The van der Waals surface area contributed by atoms with E-state index in [4.69, 9.17) is 19.1 Å². The predicted octanol–water partition coefficient (Wildman–Crippen LogP) is 10.1. The molecule has 5 heteroatoms. The average Bonchev–Trinajstić information content (AvgIpc) is 2.85. The second-order valence-electron chi connectivity index (χ2n) is 11.0. The van der Waals surface area contributed by atoms with Gasteiger partial charge in [-0.15, -0.1) is 0 Å². The summed E-state index contributed by atoms with van der Waals surface area (Å²) in [5.41, 5.74) is 4.90. The summed E-state index contributed by atoms with van der Waals surface area (Å²) < 4.78 is 0. The molecular weight excluding hydrogens is 552 g/mol. The van der Waals surface area contributed by atoms with Crippen LogP contribution in [-0.2, 0) is 15.9 Å². The minimum absolute atomic E-state index is 0.0909. The van der Waals surface area contributed by atoms with E-state index in [-0.39, 0.29) is 31.8 Å². The molecule has 0 aromatic heterocycles. The zero-order valence-corrected chi connectivity index (χ0v) is 25.0. The molecule has 0 heterocycles. The summed E-state index contributed by atoms with van der Waals surface area (Å²) in [6.07, 6.45) is 35.5. The van der Waals surface area contributed by atoms with Crippen LogP contribution in [-0.4, -0.2) is 35.0 Å². The third-order valence-electron chi connectivity index (χ3n) is 9.22. The van der Waals surface area contributed by atoms with E-state index in [1.165, 1.54) is 22.6 Å². The van der Waals surface area contributed by atoms with E-state index in [2.05, 4.69) is 0 Å². The Morgan fingerprint density at radius 1 is 0.419 bits per heavy atom. The van der Waals surface area contributed by atoms with Crippen LogP contribution in [0.1, 0.15) is 128 Å². The summed E-state index contributed by atoms with van der Waals surface area (Å²) >= 11 is -0.106. The Morgan fingerprint density at radius 2 is 0.613 bits per heavy atom. The Morgan fingerprint density at radius 3 is 0.806 bits per heavy atom. The van der Waals surface area contributed by atoms with Crippen LogP contribution in [0.2, 0.25) is 0 Å². The molecule has 0 N–H and O–H groups in total. The van der Waals surface area contributed by atoms with Gasteiger partial charge in [0, 0.05) is 15.8 Å². The summed E-state index contributed by atoms with van der Waals surface area (Å²) in [6.45, 7) is 0. The van der Waals surface area contributed by atoms with E-state index >= 15 is 0 Å². The van der Waals surface area contributed by atoms with Gasteiger partial charge in [-0.25, -0.2) is 0 Å². The molecule has 0 aliphatic heterocycles. The van der Waals surface area contributed by atoms with Crippen molar-refractivity contribution in [3.05, 3.63) is 0 Å². The molecule has 4 saturated carbocycles. The molecule has 4 aliphatic rings. The molecule has 4 fully saturated rings. The summed E-state index contributed by atoms with van der Waals surface area (Å²) in [5, 5.41) is 0. The fourth-order valence-electron chi connectivity index (χ4n) is 7.67. The molecule has 31 heavy (non-hydrogen) atoms. The van der Waals surface area contributed by atoms with E-state index in [0.717, 1.165) is 0 Å². The van der Waals surface area contributed by atoms with Crippen LogP contribution in [0, 0.1) is 0 Å². The number of halogens is 2. The van der Waals surface area contributed by atoms with Crippen molar-refractivity contribution >= 4 is 34.9 Å². The van der Waals surface area contributed by atoms with Gasteiger partial charge in [0.25, 0.3) is 0 Å². The fourth-order valence-corrected chi connectivity index (χ4v) is 17.5. The van der Waals surface area contributed by atoms with Crippen molar-refractivity contribution in [1.29, 1.82) is 0 Å². The molecule has 0 atom stereocenters. The van der Waals surface area contributed by atoms with Crippen LogP contribution in [0.4, 0.5) is 0 Å². The first-order valence-electron chi connectivity index (χ1n) is 13.9. The molecule has 0 unspecified atom stereocenters. The van der Waals surface area contributed by atoms with Gasteiger partial charge in [0.1, 0.15) is 0 Å². The quantitative estimate of drug-likeness (QED) is 0.201. The normalized spacial score (nSPS) is 25.7. The van der Waals surface area contributed by atoms with Crippen molar-refractivity contribution in [3.8, 4) is 0 Å². The standard InChI is InChI=1S/C26H48P2.2ClH.Pd/c1-5-13-23(14-6-1)27(24-15-7-2-8-16-24)21-22-28(25-17-9-3-10-18-25)26-19-11-4-12-20-26;;;/h23-26H,1-22H2;2*1H;/q;;;+2. The van der Waals surface area contributed by atoms with Gasteiger partial charge in [0.05, 0.1) is 35.0 Å². The molecule has 0 aromatic carbocycles. The van der Waals surface area contributed by atoms with Crippen molar-refractivity contribution < 1.29 is 15.9 Å². The van der Waals surface area contributed by atoms with Crippen LogP contribution in [0.15, 0.2) is 0 Å². The van der Waals surface area contributed by atoms with Crippen LogP contribution in [0.3, 0.4) is 0 Å². The minimum atomic E-state index is -0.106. The first-order valence-corrected chi connectivity index (χ1v) is 21.6. The number of hydrogen-bond donors (Lipinski definition) is 0. The predicted molar refractivity (Wildman–Crippen MR) is 146 cm³/mol. The zero-order valence-electron chi connectivity index (χ0n) is 19.9. The Labute approximate surface area is 213 Å². The van der Waals surface area contributed by atoms with Crippen LogP contribution < -0.4 is 0 Å². The van der Waals surface area contributed by atoms with Gasteiger partial charge in [-0.05, 0) is 103 Å². The Kier molecular flexibility index (Phi) is 14.9. The van der Waals surface area contributed by atoms with Gasteiger partial charge in [-0.2, -0.15) is 0 Å². The first-order chi connectivity index (χ1) is 15.3. The SMILES string of the molecule is C1CCC([PH+](CC[PH+](C2CCCCC2)C2CCCCC2)C2CCCCC2)CC1.[Cl][Pd][Cl]. The molecule has 4 aliphatic carbocycles.